The predicted octanol–water partition coefficient (Wildman–Crippen LogP) is 2.48. The minimum atomic E-state index is -0.0940. The van der Waals surface area contributed by atoms with E-state index in [0.29, 0.717) is 13.1 Å². The molecule has 3 rings (SSSR count). The Balaban J connectivity index is 1.60. The number of hydrogen-bond donors (Lipinski definition) is 0. The number of rotatable bonds is 4. The molecule has 2 heterocycles. The summed E-state index contributed by atoms with van der Waals surface area (Å²) in [6, 6.07) is 8.23. The number of hydrogen-bond acceptors (Lipinski definition) is 2. The molecule has 2 amide bonds. The summed E-state index contributed by atoms with van der Waals surface area (Å²) in [4.78, 5) is 16.1. The Labute approximate surface area is 121 Å². The van der Waals surface area contributed by atoms with Gasteiger partial charge in [-0.3, -0.25) is 0 Å². The van der Waals surface area contributed by atoms with E-state index in [-0.39, 0.29) is 11.6 Å². The largest absolute Gasteiger partial charge is 0.368 e. The lowest BCUT2D eigenvalue weighted by atomic mass is 10.2. The van der Waals surface area contributed by atoms with Gasteiger partial charge in [-0.05, 0) is 24.6 Å². The highest BCUT2D eigenvalue weighted by Gasteiger charge is 2.43. The molecule has 1 aromatic carbocycles. The van der Waals surface area contributed by atoms with Gasteiger partial charge in [0, 0.05) is 24.1 Å². The third-order valence-corrected chi connectivity index (χ3v) is 4.16. The lowest BCUT2D eigenvalue weighted by molar-refractivity contribution is 0.177. The first-order valence-corrected chi connectivity index (χ1v) is 7.27. The van der Waals surface area contributed by atoms with Crippen molar-refractivity contribution in [2.24, 2.45) is 0 Å². The number of ether oxygens (including phenoxy) is 1. The first kappa shape index (κ1) is 12.9. The quantitative estimate of drug-likeness (QED) is 0.798. The van der Waals surface area contributed by atoms with E-state index >= 15 is 0 Å². The number of benzene rings is 1. The Hall–Kier alpha value is -1.07. The third kappa shape index (κ3) is 2.92. The summed E-state index contributed by atoms with van der Waals surface area (Å²) < 4.78 is 6.41. The van der Waals surface area contributed by atoms with Crippen LogP contribution in [0.2, 0.25) is 0 Å². The average molecular weight is 325 g/mol. The Morgan fingerprint density at radius 3 is 2.53 bits per heavy atom. The number of carbonyl (C=O) groups excluding carboxylic acids is 1. The van der Waals surface area contributed by atoms with Gasteiger partial charge in [0.15, 0.2) is 0 Å². The van der Waals surface area contributed by atoms with Crippen molar-refractivity contribution in [2.75, 3.05) is 26.2 Å². The van der Waals surface area contributed by atoms with Crippen molar-refractivity contribution in [1.82, 2.24) is 9.80 Å². The van der Waals surface area contributed by atoms with Crippen LogP contribution in [-0.4, -0.2) is 47.7 Å². The molecule has 0 saturated carbocycles. The smallest absolute Gasteiger partial charge is 0.320 e. The Morgan fingerprint density at radius 2 is 1.89 bits per heavy atom. The highest BCUT2D eigenvalue weighted by Crippen LogP contribution is 2.28. The lowest BCUT2D eigenvalue weighted by Crippen LogP contribution is -2.37. The minimum absolute atomic E-state index is 0.0940. The van der Waals surface area contributed by atoms with E-state index in [1.807, 2.05) is 34.1 Å². The van der Waals surface area contributed by atoms with Gasteiger partial charge >= 0.3 is 6.03 Å². The van der Waals surface area contributed by atoms with Crippen LogP contribution in [0.5, 0.6) is 0 Å². The topological polar surface area (TPSA) is 36.1 Å². The lowest BCUT2D eigenvalue weighted by Gasteiger charge is -2.20. The van der Waals surface area contributed by atoms with Crippen LogP contribution in [0, 0.1) is 0 Å². The molecule has 0 radical (unpaired) electrons. The third-order valence-electron chi connectivity index (χ3n) is 3.63. The highest BCUT2D eigenvalue weighted by molar-refractivity contribution is 9.10. The summed E-state index contributed by atoms with van der Waals surface area (Å²) in [5, 5.41) is 0. The maximum absolute atomic E-state index is 12.3. The van der Waals surface area contributed by atoms with Gasteiger partial charge in [0.2, 0.25) is 0 Å². The average Bonchev–Trinajstić information content (AvgIpc) is 3.03. The van der Waals surface area contributed by atoms with Gasteiger partial charge in [0.05, 0.1) is 13.2 Å². The summed E-state index contributed by atoms with van der Waals surface area (Å²) in [5.74, 6) is 0. The molecule has 2 aliphatic rings. The SMILES string of the molecule is CC1(CN2CCN(Cc3ccc(Br)cc3)C2=O)CO1. The van der Waals surface area contributed by atoms with E-state index in [4.69, 9.17) is 4.74 Å². The molecule has 2 saturated heterocycles. The van der Waals surface area contributed by atoms with Crippen molar-refractivity contribution < 1.29 is 9.53 Å². The fourth-order valence-electron chi connectivity index (χ4n) is 2.35. The maximum atomic E-state index is 12.3. The van der Waals surface area contributed by atoms with Crippen LogP contribution in [0.4, 0.5) is 4.79 Å². The van der Waals surface area contributed by atoms with Gasteiger partial charge < -0.3 is 14.5 Å². The van der Waals surface area contributed by atoms with Crippen molar-refractivity contribution in [3.63, 3.8) is 0 Å². The van der Waals surface area contributed by atoms with Crippen LogP contribution in [0.15, 0.2) is 28.7 Å². The molecule has 102 valence electrons. The van der Waals surface area contributed by atoms with Gasteiger partial charge in [-0.15, -0.1) is 0 Å². The molecule has 2 aliphatic heterocycles. The van der Waals surface area contributed by atoms with Crippen molar-refractivity contribution in [2.45, 2.75) is 19.1 Å². The van der Waals surface area contributed by atoms with Gasteiger partial charge in [-0.25, -0.2) is 4.79 Å². The van der Waals surface area contributed by atoms with Gasteiger partial charge in [-0.2, -0.15) is 0 Å². The molecular formula is C14H17BrN2O2. The first-order chi connectivity index (χ1) is 9.06. The molecule has 2 fully saturated rings. The summed E-state index contributed by atoms with van der Waals surface area (Å²) in [7, 11) is 0. The zero-order chi connectivity index (χ0) is 13.5. The molecule has 19 heavy (non-hydrogen) atoms. The standard InChI is InChI=1S/C14H17BrN2O2/c1-14(10-19-14)9-17-7-6-16(13(17)18)8-11-2-4-12(15)5-3-11/h2-5H,6-10H2,1H3. The fourth-order valence-corrected chi connectivity index (χ4v) is 2.62. The van der Waals surface area contributed by atoms with Crippen LogP contribution in [0.3, 0.4) is 0 Å². The molecule has 4 nitrogen and oxygen atoms in total. The Morgan fingerprint density at radius 1 is 1.26 bits per heavy atom. The van der Waals surface area contributed by atoms with Crippen LogP contribution < -0.4 is 0 Å². The second-order valence-electron chi connectivity index (χ2n) is 5.49. The van der Waals surface area contributed by atoms with E-state index in [1.165, 1.54) is 0 Å². The van der Waals surface area contributed by atoms with E-state index in [2.05, 4.69) is 22.9 Å². The Kier molecular flexibility index (Phi) is 3.27. The van der Waals surface area contributed by atoms with Crippen LogP contribution in [0.25, 0.3) is 0 Å². The molecule has 0 spiro atoms. The van der Waals surface area contributed by atoms with Crippen molar-refractivity contribution in [1.29, 1.82) is 0 Å². The van der Waals surface area contributed by atoms with Crippen LogP contribution >= 0.6 is 15.9 Å². The highest BCUT2D eigenvalue weighted by atomic mass is 79.9. The van der Waals surface area contributed by atoms with E-state index in [0.717, 1.165) is 29.7 Å². The normalized spacial score (nSPS) is 26.1. The minimum Gasteiger partial charge on any atom is -0.368 e. The molecule has 0 N–H and O–H groups in total. The molecule has 5 heteroatoms. The van der Waals surface area contributed by atoms with Gasteiger partial charge in [0.1, 0.15) is 5.60 Å². The zero-order valence-corrected chi connectivity index (χ0v) is 12.5. The van der Waals surface area contributed by atoms with E-state index in [1.54, 1.807) is 0 Å². The molecule has 0 bridgehead atoms. The predicted molar refractivity (Wildman–Crippen MR) is 75.9 cm³/mol. The fraction of sp³-hybridized carbons (Fsp3) is 0.500. The Bertz CT molecular complexity index is 485. The number of halogens is 1. The molecule has 1 unspecified atom stereocenters. The van der Waals surface area contributed by atoms with Crippen molar-refractivity contribution in [3.8, 4) is 0 Å². The van der Waals surface area contributed by atoms with Crippen LogP contribution in [0.1, 0.15) is 12.5 Å². The molecular weight excluding hydrogens is 308 g/mol. The monoisotopic (exact) mass is 324 g/mol. The summed E-state index contributed by atoms with van der Waals surface area (Å²) in [5.41, 5.74) is 1.07. The van der Waals surface area contributed by atoms with Crippen molar-refractivity contribution in [3.05, 3.63) is 34.3 Å². The second kappa shape index (κ2) is 4.80. The summed E-state index contributed by atoms with van der Waals surface area (Å²) in [6.45, 7) is 5.81. The summed E-state index contributed by atoms with van der Waals surface area (Å²) in [6.07, 6.45) is 0. The number of urea groups is 1. The summed E-state index contributed by atoms with van der Waals surface area (Å²) >= 11 is 3.42. The zero-order valence-electron chi connectivity index (χ0n) is 10.9. The number of epoxide rings is 1. The number of carbonyl (C=O) groups is 1. The first-order valence-electron chi connectivity index (χ1n) is 6.48. The van der Waals surface area contributed by atoms with E-state index < -0.39 is 0 Å². The molecule has 0 aliphatic carbocycles. The van der Waals surface area contributed by atoms with Gasteiger partial charge in [0.25, 0.3) is 0 Å². The second-order valence-corrected chi connectivity index (χ2v) is 6.41. The van der Waals surface area contributed by atoms with Crippen LogP contribution in [-0.2, 0) is 11.3 Å². The van der Waals surface area contributed by atoms with E-state index in [9.17, 15) is 4.79 Å². The molecule has 1 aromatic rings. The molecule has 0 aromatic heterocycles. The van der Waals surface area contributed by atoms with Gasteiger partial charge in [-0.1, -0.05) is 28.1 Å². The number of amides is 2. The number of nitrogens with zero attached hydrogens (tertiary/aromatic N) is 2. The maximum Gasteiger partial charge on any atom is 0.320 e. The molecule has 1 atom stereocenters. The van der Waals surface area contributed by atoms with Crippen molar-refractivity contribution >= 4 is 22.0 Å².